The molecule has 0 aliphatic carbocycles. The van der Waals surface area contributed by atoms with Gasteiger partial charge in [-0.3, -0.25) is 14.3 Å². The van der Waals surface area contributed by atoms with Gasteiger partial charge in [0.25, 0.3) is 5.56 Å². The molecule has 2 N–H and O–H groups in total. The highest BCUT2D eigenvalue weighted by molar-refractivity contribution is 8.00. The Balaban J connectivity index is 2.27. The number of aliphatic hydroxyl groups excluding tert-OH is 1. The second-order valence-electron chi connectivity index (χ2n) is 3.58. The van der Waals surface area contributed by atoms with Gasteiger partial charge in [0.15, 0.2) is 0 Å². The molecule has 1 saturated heterocycles. The molecule has 0 bridgehead atoms. The van der Waals surface area contributed by atoms with E-state index in [0.29, 0.717) is 0 Å². The zero-order valence-electron chi connectivity index (χ0n) is 8.30. The van der Waals surface area contributed by atoms with Crippen molar-refractivity contribution < 1.29 is 9.50 Å². The molecule has 3 atom stereocenters. The molecule has 1 aromatic heterocycles. The molecule has 0 amide bonds. The Morgan fingerprint density at radius 2 is 2.38 bits per heavy atom. The molecule has 2 heterocycles. The van der Waals surface area contributed by atoms with Crippen LogP contribution < -0.4 is 11.2 Å². The number of aliphatic hydroxyl groups is 1. The van der Waals surface area contributed by atoms with Crippen molar-refractivity contribution in [3.8, 4) is 0 Å². The molecule has 1 aliphatic rings. The molecule has 1 aliphatic heterocycles. The van der Waals surface area contributed by atoms with Crippen LogP contribution in [0.15, 0.2) is 21.9 Å². The highest BCUT2D eigenvalue weighted by atomic mass is 32.2. The number of aromatic amines is 1. The third-order valence-electron chi connectivity index (χ3n) is 2.50. The predicted octanol–water partition coefficient (Wildman–Crippen LogP) is -0.129. The summed E-state index contributed by atoms with van der Waals surface area (Å²) in [5.74, 6) is 0. The van der Waals surface area contributed by atoms with Crippen molar-refractivity contribution in [3.05, 3.63) is 33.1 Å². The van der Waals surface area contributed by atoms with Crippen LogP contribution >= 0.6 is 11.8 Å². The fourth-order valence-electron chi connectivity index (χ4n) is 1.68. The number of rotatable bonds is 2. The van der Waals surface area contributed by atoms with Crippen molar-refractivity contribution in [2.75, 3.05) is 6.61 Å². The lowest BCUT2D eigenvalue weighted by atomic mass is 10.2. The van der Waals surface area contributed by atoms with Crippen LogP contribution in [-0.4, -0.2) is 32.7 Å². The first-order valence-electron chi connectivity index (χ1n) is 4.83. The maximum absolute atomic E-state index is 13.4. The van der Waals surface area contributed by atoms with Crippen LogP contribution in [0, 0.1) is 0 Å². The van der Waals surface area contributed by atoms with E-state index in [1.165, 1.54) is 28.6 Å². The van der Waals surface area contributed by atoms with Crippen molar-refractivity contribution in [2.24, 2.45) is 0 Å². The van der Waals surface area contributed by atoms with E-state index in [1.807, 2.05) is 0 Å². The SMILES string of the molecule is O=c1ccn(C2CC(F)C(CO)S2)c(=O)[nH]1. The van der Waals surface area contributed by atoms with E-state index >= 15 is 0 Å². The van der Waals surface area contributed by atoms with Crippen LogP contribution in [0.4, 0.5) is 4.39 Å². The molecule has 0 spiro atoms. The van der Waals surface area contributed by atoms with Gasteiger partial charge in [0, 0.05) is 18.7 Å². The quantitative estimate of drug-likeness (QED) is 0.762. The predicted molar refractivity (Wildman–Crippen MR) is 58.3 cm³/mol. The minimum atomic E-state index is -1.13. The molecule has 1 fully saturated rings. The van der Waals surface area contributed by atoms with Crippen molar-refractivity contribution in [3.63, 3.8) is 0 Å². The number of hydrogen-bond acceptors (Lipinski definition) is 4. The van der Waals surface area contributed by atoms with Crippen molar-refractivity contribution in [1.82, 2.24) is 9.55 Å². The number of halogens is 1. The van der Waals surface area contributed by atoms with E-state index in [2.05, 4.69) is 4.98 Å². The van der Waals surface area contributed by atoms with Crippen molar-refractivity contribution >= 4 is 11.8 Å². The number of alkyl halides is 1. The lowest BCUT2D eigenvalue weighted by Gasteiger charge is -2.11. The van der Waals surface area contributed by atoms with Crippen LogP contribution in [0.2, 0.25) is 0 Å². The molecule has 0 radical (unpaired) electrons. The molecule has 7 heteroatoms. The van der Waals surface area contributed by atoms with Crippen LogP contribution in [0.25, 0.3) is 0 Å². The second-order valence-corrected chi connectivity index (χ2v) is 5.00. The number of nitrogens with one attached hydrogen (secondary N) is 1. The van der Waals surface area contributed by atoms with E-state index in [1.54, 1.807) is 0 Å². The maximum Gasteiger partial charge on any atom is 0.329 e. The number of hydrogen-bond donors (Lipinski definition) is 2. The second kappa shape index (κ2) is 4.42. The van der Waals surface area contributed by atoms with Crippen molar-refractivity contribution in [1.29, 1.82) is 0 Å². The van der Waals surface area contributed by atoms with Gasteiger partial charge in [-0.25, -0.2) is 9.18 Å². The van der Waals surface area contributed by atoms with Gasteiger partial charge in [0.1, 0.15) is 6.17 Å². The summed E-state index contributed by atoms with van der Waals surface area (Å²) in [6.07, 6.45) is 0.395. The average Bonchev–Trinajstić information content (AvgIpc) is 2.59. The summed E-state index contributed by atoms with van der Waals surface area (Å²) in [6, 6.07) is 1.22. The monoisotopic (exact) mass is 246 g/mol. The largest absolute Gasteiger partial charge is 0.395 e. The van der Waals surface area contributed by atoms with Gasteiger partial charge in [-0.2, -0.15) is 0 Å². The van der Waals surface area contributed by atoms with Crippen LogP contribution in [0.3, 0.4) is 0 Å². The summed E-state index contributed by atoms with van der Waals surface area (Å²) in [7, 11) is 0. The summed E-state index contributed by atoms with van der Waals surface area (Å²) < 4.78 is 14.7. The maximum atomic E-state index is 13.4. The van der Waals surface area contributed by atoms with Crippen LogP contribution in [0.1, 0.15) is 11.8 Å². The van der Waals surface area contributed by atoms with Crippen LogP contribution in [0.5, 0.6) is 0 Å². The molecule has 5 nitrogen and oxygen atoms in total. The third kappa shape index (κ3) is 2.05. The Bertz CT molecular complexity index is 486. The molecular formula is C9H11FN2O3S. The van der Waals surface area contributed by atoms with Gasteiger partial charge in [-0.05, 0) is 0 Å². The zero-order chi connectivity index (χ0) is 11.7. The Labute approximate surface area is 94.3 Å². The van der Waals surface area contributed by atoms with E-state index in [9.17, 15) is 14.0 Å². The Kier molecular flexibility index (Phi) is 3.15. The standard InChI is InChI=1S/C9H11FN2O3S/c10-5-3-8(16-6(5)4-13)12-2-1-7(14)11-9(12)15/h1-2,5-6,8,13H,3-4H2,(H,11,14,15). The Hall–Kier alpha value is -1.08. The lowest BCUT2D eigenvalue weighted by Crippen LogP contribution is -2.30. The summed E-state index contributed by atoms with van der Waals surface area (Å²) in [5, 5.41) is 8.05. The number of aromatic nitrogens is 2. The minimum absolute atomic E-state index is 0.168. The molecule has 0 saturated carbocycles. The fraction of sp³-hybridized carbons (Fsp3) is 0.556. The third-order valence-corrected chi connectivity index (χ3v) is 4.03. The number of thioether (sulfide) groups is 1. The highest BCUT2D eigenvalue weighted by Gasteiger charge is 2.35. The molecule has 3 unspecified atom stereocenters. The molecule has 16 heavy (non-hydrogen) atoms. The highest BCUT2D eigenvalue weighted by Crippen LogP contribution is 2.41. The molecule has 0 aromatic carbocycles. The first kappa shape index (κ1) is 11.4. The van der Waals surface area contributed by atoms with E-state index in [0.717, 1.165) is 0 Å². The summed E-state index contributed by atoms with van der Waals surface area (Å²) in [5.41, 5.74) is -1.02. The normalized spacial score (nSPS) is 29.5. The van der Waals surface area contributed by atoms with Gasteiger partial charge in [0.2, 0.25) is 0 Å². The molecule has 88 valence electrons. The number of H-pyrrole nitrogens is 1. The Morgan fingerprint density at radius 3 is 2.94 bits per heavy atom. The van der Waals surface area contributed by atoms with Gasteiger partial charge >= 0.3 is 5.69 Å². The number of nitrogens with zero attached hydrogens (tertiary/aromatic N) is 1. The van der Waals surface area contributed by atoms with E-state index in [-0.39, 0.29) is 18.4 Å². The van der Waals surface area contributed by atoms with Gasteiger partial charge < -0.3 is 5.11 Å². The zero-order valence-corrected chi connectivity index (χ0v) is 9.11. The summed E-state index contributed by atoms with van der Waals surface area (Å²) in [6.45, 7) is -0.250. The fourth-order valence-corrected chi connectivity index (χ4v) is 3.04. The van der Waals surface area contributed by atoms with Gasteiger partial charge in [-0.15, -0.1) is 11.8 Å². The molecule has 2 rings (SSSR count). The van der Waals surface area contributed by atoms with E-state index in [4.69, 9.17) is 5.11 Å². The van der Waals surface area contributed by atoms with Gasteiger partial charge in [-0.1, -0.05) is 0 Å². The summed E-state index contributed by atoms with van der Waals surface area (Å²) in [4.78, 5) is 24.4. The lowest BCUT2D eigenvalue weighted by molar-refractivity contribution is 0.227. The minimum Gasteiger partial charge on any atom is -0.395 e. The van der Waals surface area contributed by atoms with E-state index < -0.39 is 22.7 Å². The smallest absolute Gasteiger partial charge is 0.329 e. The van der Waals surface area contributed by atoms with Crippen LogP contribution in [-0.2, 0) is 0 Å². The first-order chi connectivity index (χ1) is 7.61. The molecule has 1 aromatic rings. The average molecular weight is 246 g/mol. The van der Waals surface area contributed by atoms with Crippen molar-refractivity contribution in [2.45, 2.75) is 23.2 Å². The topological polar surface area (TPSA) is 75.1 Å². The first-order valence-corrected chi connectivity index (χ1v) is 5.78. The molecular weight excluding hydrogens is 235 g/mol. The Morgan fingerprint density at radius 1 is 1.62 bits per heavy atom. The summed E-state index contributed by atoms with van der Waals surface area (Å²) >= 11 is 1.21. The van der Waals surface area contributed by atoms with Gasteiger partial charge in [0.05, 0.1) is 17.2 Å².